The number of benzene rings is 1. The number of hydrogen-bond acceptors (Lipinski definition) is 6. The van der Waals surface area contributed by atoms with Crippen molar-refractivity contribution in [1.82, 2.24) is 9.88 Å². The molecule has 170 valence electrons. The largest absolute Gasteiger partial charge is 0.490 e. The summed E-state index contributed by atoms with van der Waals surface area (Å²) in [6, 6.07) is 5.90. The lowest BCUT2D eigenvalue weighted by atomic mass is 10.00. The van der Waals surface area contributed by atoms with Crippen molar-refractivity contribution in [2.45, 2.75) is 59.0 Å². The van der Waals surface area contributed by atoms with Gasteiger partial charge in [-0.05, 0) is 55.2 Å². The molecular formula is C25H31N3O4. The van der Waals surface area contributed by atoms with Crippen LogP contribution < -0.4 is 9.64 Å². The first kappa shape index (κ1) is 21.2. The molecule has 3 aliphatic heterocycles. The van der Waals surface area contributed by atoms with Crippen LogP contribution in [0.4, 0.5) is 5.82 Å². The van der Waals surface area contributed by atoms with E-state index in [0.717, 1.165) is 54.3 Å². The number of aromatic nitrogens is 1. The summed E-state index contributed by atoms with van der Waals surface area (Å²) in [6.07, 6.45) is 1.99. The van der Waals surface area contributed by atoms with Gasteiger partial charge in [-0.1, -0.05) is 6.07 Å². The standard InChI is InChI=1S/C25H31N3O4/c1-4-28-21(12-29)23-22(25(28)30)15(2)16(3)24(26-23)27-9-7-19(8-10-27)32-20-6-5-17-13-31-14-18(17)11-20/h5-6,11,19,21,29H,4,7-10,12-14H2,1-3H3. The molecule has 1 fully saturated rings. The third-order valence-corrected chi connectivity index (χ3v) is 7.17. The van der Waals surface area contributed by atoms with E-state index in [1.54, 1.807) is 4.90 Å². The number of pyridine rings is 1. The number of aliphatic hydroxyl groups is 1. The van der Waals surface area contributed by atoms with Gasteiger partial charge in [0.2, 0.25) is 0 Å². The maximum absolute atomic E-state index is 12.9. The van der Waals surface area contributed by atoms with Crippen LogP contribution in [0.3, 0.4) is 0 Å². The van der Waals surface area contributed by atoms with E-state index in [1.807, 2.05) is 26.8 Å². The molecular weight excluding hydrogens is 406 g/mol. The highest BCUT2D eigenvalue weighted by Gasteiger charge is 2.39. The molecule has 1 saturated heterocycles. The maximum atomic E-state index is 12.9. The SMILES string of the molecule is CCN1C(=O)c2c(nc(N3CCC(Oc4ccc5c(c4)COC5)CC3)c(C)c2C)C1CO. The van der Waals surface area contributed by atoms with Crippen LogP contribution in [0.25, 0.3) is 0 Å². The van der Waals surface area contributed by atoms with Crippen molar-refractivity contribution < 1.29 is 19.4 Å². The summed E-state index contributed by atoms with van der Waals surface area (Å²) in [5.41, 5.74) is 5.89. The Kier molecular flexibility index (Phi) is 5.55. The van der Waals surface area contributed by atoms with Crippen molar-refractivity contribution in [3.05, 3.63) is 51.7 Å². The quantitative estimate of drug-likeness (QED) is 0.774. The number of nitrogens with zero attached hydrogens (tertiary/aromatic N) is 3. The molecule has 7 heteroatoms. The molecule has 1 unspecified atom stereocenters. The molecule has 0 spiro atoms. The number of anilines is 1. The third-order valence-electron chi connectivity index (χ3n) is 7.17. The van der Waals surface area contributed by atoms with E-state index >= 15 is 0 Å². The Bertz CT molecular complexity index is 1050. The number of carbonyl (C=O) groups excluding carboxylic acids is 1. The summed E-state index contributed by atoms with van der Waals surface area (Å²) in [5, 5.41) is 9.95. The van der Waals surface area contributed by atoms with Gasteiger partial charge in [-0.25, -0.2) is 4.98 Å². The molecule has 0 saturated carbocycles. The van der Waals surface area contributed by atoms with Gasteiger partial charge in [0.15, 0.2) is 0 Å². The topological polar surface area (TPSA) is 75.1 Å². The van der Waals surface area contributed by atoms with Crippen LogP contribution in [0.2, 0.25) is 0 Å². The van der Waals surface area contributed by atoms with Gasteiger partial charge in [-0.3, -0.25) is 4.79 Å². The first-order valence-electron chi connectivity index (χ1n) is 11.6. The average molecular weight is 438 g/mol. The fourth-order valence-corrected chi connectivity index (χ4v) is 5.20. The minimum absolute atomic E-state index is 0.0203. The van der Waals surface area contributed by atoms with E-state index in [0.29, 0.717) is 25.3 Å². The summed E-state index contributed by atoms with van der Waals surface area (Å²) in [5.74, 6) is 1.82. The van der Waals surface area contributed by atoms with E-state index < -0.39 is 0 Å². The van der Waals surface area contributed by atoms with Crippen LogP contribution in [-0.4, -0.2) is 53.2 Å². The molecule has 0 bridgehead atoms. The summed E-state index contributed by atoms with van der Waals surface area (Å²) in [7, 11) is 0. The average Bonchev–Trinajstić information content (AvgIpc) is 3.38. The Morgan fingerprint density at radius 3 is 2.62 bits per heavy atom. The van der Waals surface area contributed by atoms with E-state index in [2.05, 4.69) is 17.0 Å². The second kappa shape index (κ2) is 8.37. The molecule has 0 aliphatic carbocycles. The highest BCUT2D eigenvalue weighted by atomic mass is 16.5. The lowest BCUT2D eigenvalue weighted by Crippen LogP contribution is -2.39. The minimum Gasteiger partial charge on any atom is -0.490 e. The Morgan fingerprint density at radius 1 is 1.16 bits per heavy atom. The lowest BCUT2D eigenvalue weighted by molar-refractivity contribution is 0.0666. The van der Waals surface area contributed by atoms with Crippen LogP contribution in [-0.2, 0) is 18.0 Å². The van der Waals surface area contributed by atoms with Gasteiger partial charge in [0.1, 0.15) is 17.7 Å². The van der Waals surface area contributed by atoms with Crippen LogP contribution in [0.5, 0.6) is 5.75 Å². The molecule has 7 nitrogen and oxygen atoms in total. The van der Waals surface area contributed by atoms with Gasteiger partial charge in [-0.15, -0.1) is 0 Å². The number of rotatable bonds is 5. The van der Waals surface area contributed by atoms with E-state index in [1.165, 1.54) is 11.1 Å². The molecule has 3 aliphatic rings. The highest BCUT2D eigenvalue weighted by molar-refractivity contribution is 6.00. The molecule has 5 rings (SSSR count). The molecule has 1 amide bonds. The normalized spacial score (nSPS) is 20.6. The molecule has 2 aromatic rings. The molecule has 4 heterocycles. The number of likely N-dealkylation sites (N-methyl/N-ethyl adjacent to an activating group) is 1. The van der Waals surface area contributed by atoms with E-state index in [4.69, 9.17) is 14.5 Å². The fourth-order valence-electron chi connectivity index (χ4n) is 5.20. The van der Waals surface area contributed by atoms with Crippen molar-refractivity contribution in [3.63, 3.8) is 0 Å². The molecule has 1 atom stereocenters. The Balaban J connectivity index is 1.32. The Morgan fingerprint density at radius 2 is 1.91 bits per heavy atom. The van der Waals surface area contributed by atoms with Crippen LogP contribution in [0.1, 0.15) is 64.1 Å². The molecule has 32 heavy (non-hydrogen) atoms. The second-order valence-electron chi connectivity index (χ2n) is 8.96. The summed E-state index contributed by atoms with van der Waals surface area (Å²) in [4.78, 5) is 21.8. The lowest BCUT2D eigenvalue weighted by Gasteiger charge is -2.34. The van der Waals surface area contributed by atoms with Gasteiger partial charge < -0.3 is 24.4 Å². The summed E-state index contributed by atoms with van der Waals surface area (Å²) < 4.78 is 11.8. The van der Waals surface area contributed by atoms with E-state index in [-0.39, 0.29) is 24.7 Å². The monoisotopic (exact) mass is 437 g/mol. The van der Waals surface area contributed by atoms with E-state index in [9.17, 15) is 9.90 Å². The van der Waals surface area contributed by atoms with Crippen LogP contribution in [0.15, 0.2) is 18.2 Å². The first-order valence-corrected chi connectivity index (χ1v) is 11.6. The van der Waals surface area contributed by atoms with Crippen molar-refractivity contribution in [1.29, 1.82) is 0 Å². The van der Waals surface area contributed by atoms with Crippen molar-refractivity contribution in [2.24, 2.45) is 0 Å². The molecule has 1 aromatic heterocycles. The maximum Gasteiger partial charge on any atom is 0.256 e. The fraction of sp³-hybridized carbons (Fsp3) is 0.520. The zero-order chi connectivity index (χ0) is 22.4. The predicted octanol–water partition coefficient (Wildman–Crippen LogP) is 3.29. The second-order valence-corrected chi connectivity index (χ2v) is 8.96. The zero-order valence-corrected chi connectivity index (χ0v) is 19.1. The molecule has 1 aromatic carbocycles. The number of hydrogen-bond donors (Lipinski definition) is 1. The first-order chi connectivity index (χ1) is 15.5. The smallest absolute Gasteiger partial charge is 0.256 e. The Hall–Kier alpha value is -2.64. The van der Waals surface area contributed by atoms with Gasteiger partial charge in [-0.2, -0.15) is 0 Å². The van der Waals surface area contributed by atoms with Gasteiger partial charge in [0, 0.05) is 32.5 Å². The van der Waals surface area contributed by atoms with Crippen LogP contribution in [0, 0.1) is 13.8 Å². The summed E-state index contributed by atoms with van der Waals surface area (Å²) >= 11 is 0. The van der Waals surface area contributed by atoms with Gasteiger partial charge in [0.05, 0.1) is 37.1 Å². The number of amides is 1. The number of aliphatic hydroxyl groups excluding tert-OH is 1. The van der Waals surface area contributed by atoms with Crippen molar-refractivity contribution in [2.75, 3.05) is 31.1 Å². The third kappa shape index (κ3) is 3.44. The van der Waals surface area contributed by atoms with Crippen molar-refractivity contribution >= 4 is 11.7 Å². The summed E-state index contributed by atoms with van der Waals surface area (Å²) in [6.45, 7) is 9.49. The van der Waals surface area contributed by atoms with Crippen LogP contribution >= 0.6 is 0 Å². The number of carbonyl (C=O) groups is 1. The number of ether oxygens (including phenoxy) is 2. The van der Waals surface area contributed by atoms with Gasteiger partial charge >= 0.3 is 0 Å². The molecule has 1 N–H and O–H groups in total. The molecule has 0 radical (unpaired) electrons. The Labute approximate surface area is 189 Å². The minimum atomic E-state index is -0.356. The number of piperidine rings is 1. The highest BCUT2D eigenvalue weighted by Crippen LogP contribution is 2.38. The van der Waals surface area contributed by atoms with Crippen molar-refractivity contribution in [3.8, 4) is 5.75 Å². The predicted molar refractivity (Wildman–Crippen MR) is 121 cm³/mol. The number of fused-ring (bicyclic) bond motifs is 2. The van der Waals surface area contributed by atoms with Gasteiger partial charge in [0.25, 0.3) is 5.91 Å². The zero-order valence-electron chi connectivity index (χ0n) is 19.1.